The van der Waals surface area contributed by atoms with Crippen molar-refractivity contribution < 1.29 is 63.6 Å². The monoisotopic (exact) mass is 805 g/mol. The average molecular weight is 806 g/mol. The maximum Gasteiger partial charge on any atom is 0.326 e. The molecule has 312 valence electrons. The molecule has 24 heteroatoms. The van der Waals surface area contributed by atoms with Crippen molar-refractivity contribution in [1.29, 1.82) is 0 Å². The first kappa shape index (κ1) is 46.5. The second kappa shape index (κ2) is 22.0. The van der Waals surface area contributed by atoms with Crippen molar-refractivity contribution in [1.82, 2.24) is 41.9 Å². The number of imidazole rings is 1. The number of aromatic amines is 1. The van der Waals surface area contributed by atoms with E-state index in [0.717, 1.165) is 6.92 Å². The summed E-state index contributed by atoms with van der Waals surface area (Å²) >= 11 is 0. The van der Waals surface area contributed by atoms with Gasteiger partial charge in [0.2, 0.25) is 47.3 Å². The average Bonchev–Trinajstić information content (AvgIpc) is 3.65. The van der Waals surface area contributed by atoms with Gasteiger partial charge in [-0.3, -0.25) is 38.4 Å². The van der Waals surface area contributed by atoms with E-state index in [9.17, 15) is 58.5 Å². The normalized spacial score (nSPS) is 15.1. The predicted molar refractivity (Wildman–Crippen MR) is 193 cm³/mol. The number of carboxylic acids is 1. The Bertz CT molecular complexity index is 1760. The number of amides is 8. The molecule has 0 aliphatic carbocycles. The maximum absolute atomic E-state index is 13.8. The van der Waals surface area contributed by atoms with Crippen LogP contribution in [0.25, 0.3) is 0 Å². The van der Waals surface area contributed by atoms with Gasteiger partial charge in [0.1, 0.15) is 48.0 Å². The fourth-order valence-electron chi connectivity index (χ4n) is 4.94. The van der Waals surface area contributed by atoms with Gasteiger partial charge in [-0.15, -0.1) is 0 Å². The van der Waals surface area contributed by atoms with Gasteiger partial charge in [0, 0.05) is 19.0 Å². The number of nitrogens with two attached hydrogens (primary N) is 3. The number of rotatable bonds is 23. The summed E-state index contributed by atoms with van der Waals surface area (Å²) in [5, 5.41) is 52.1. The number of carbonyl (C=O) groups excluding carboxylic acids is 8. The third kappa shape index (κ3) is 15.5. The Morgan fingerprint density at radius 1 is 0.702 bits per heavy atom. The molecule has 17 N–H and O–H groups in total. The molecule has 1 aromatic heterocycles. The molecule has 1 aromatic carbocycles. The van der Waals surface area contributed by atoms with Crippen molar-refractivity contribution in [3.8, 4) is 5.75 Å². The Kier molecular flexibility index (Phi) is 18.0. The molecule has 2 rings (SSSR count). The standard InChI is InChI=1S/C33H47N11O13/c1-14(39-28(51)19(34)12-45)27(50)44-26(15(2)46)32(55)42-22(10-25(36)49)30(53)40-20(7-16-3-5-18(47)6-4-16)29(52)41-21(9-24(35)48)31(54)43-23(33(56)57)8-17-11-37-13-38-17/h3-6,11,13-15,19-23,26,45-47H,7-10,12,34H2,1-2H3,(H2,35,48)(H2,36,49)(H,37,38)(H,39,51)(H,40,53)(H,41,52)(H,42,55)(H,43,54)(H,44,50)(H,56,57)/t14-,15+,19-,20-,21-,22-,23-,26-/m0/s1. The van der Waals surface area contributed by atoms with E-state index >= 15 is 0 Å². The van der Waals surface area contributed by atoms with Gasteiger partial charge in [0.05, 0.1) is 37.6 Å². The third-order valence-corrected chi connectivity index (χ3v) is 8.02. The maximum atomic E-state index is 13.8. The van der Waals surface area contributed by atoms with Crippen molar-refractivity contribution in [2.24, 2.45) is 17.2 Å². The molecule has 0 radical (unpaired) electrons. The zero-order valence-electron chi connectivity index (χ0n) is 30.8. The number of carbonyl (C=O) groups is 9. The van der Waals surface area contributed by atoms with Gasteiger partial charge in [0.15, 0.2) is 0 Å². The summed E-state index contributed by atoms with van der Waals surface area (Å²) in [5.74, 6) is -10.4. The molecule has 8 atom stereocenters. The summed E-state index contributed by atoms with van der Waals surface area (Å²) < 4.78 is 0. The second-order valence-corrected chi connectivity index (χ2v) is 12.8. The van der Waals surface area contributed by atoms with Gasteiger partial charge in [-0.05, 0) is 31.5 Å². The zero-order valence-corrected chi connectivity index (χ0v) is 30.8. The van der Waals surface area contributed by atoms with E-state index in [2.05, 4.69) is 41.9 Å². The van der Waals surface area contributed by atoms with Crippen molar-refractivity contribution in [3.05, 3.63) is 48.0 Å². The third-order valence-electron chi connectivity index (χ3n) is 8.02. The summed E-state index contributed by atoms with van der Waals surface area (Å²) in [6.07, 6.45) is -1.33. The molecule has 24 nitrogen and oxygen atoms in total. The second-order valence-electron chi connectivity index (χ2n) is 12.8. The smallest absolute Gasteiger partial charge is 0.326 e. The van der Waals surface area contributed by atoms with Crippen LogP contribution in [-0.4, -0.2) is 139 Å². The molecule has 0 aliphatic heterocycles. The van der Waals surface area contributed by atoms with Gasteiger partial charge in [-0.2, -0.15) is 0 Å². The first-order valence-electron chi connectivity index (χ1n) is 17.1. The lowest BCUT2D eigenvalue weighted by Gasteiger charge is -2.27. The molecular weight excluding hydrogens is 758 g/mol. The van der Waals surface area contributed by atoms with Crippen molar-refractivity contribution in [2.75, 3.05) is 6.61 Å². The van der Waals surface area contributed by atoms with Crippen molar-refractivity contribution in [2.45, 2.75) is 87.9 Å². The Morgan fingerprint density at radius 3 is 1.68 bits per heavy atom. The molecule has 2 aromatic rings. The largest absolute Gasteiger partial charge is 0.508 e. The number of carboxylic acid groups (broad SMARTS) is 1. The number of benzene rings is 1. The van der Waals surface area contributed by atoms with Gasteiger partial charge in [0.25, 0.3) is 0 Å². The Hall–Kier alpha value is -6.66. The molecule has 0 unspecified atom stereocenters. The number of aromatic nitrogens is 2. The molecule has 0 saturated carbocycles. The fourth-order valence-corrected chi connectivity index (χ4v) is 4.94. The number of aromatic hydroxyl groups is 1. The number of primary amides is 2. The Morgan fingerprint density at radius 2 is 1.21 bits per heavy atom. The van der Waals surface area contributed by atoms with Crippen LogP contribution in [0.1, 0.15) is 37.9 Å². The Balaban J connectivity index is 2.36. The minimum absolute atomic E-state index is 0.153. The van der Waals surface area contributed by atoms with Crippen LogP contribution in [0.3, 0.4) is 0 Å². The van der Waals surface area contributed by atoms with Crippen LogP contribution in [0.4, 0.5) is 0 Å². The first-order valence-corrected chi connectivity index (χ1v) is 17.1. The molecule has 57 heavy (non-hydrogen) atoms. The highest BCUT2D eigenvalue weighted by molar-refractivity contribution is 5.99. The number of nitrogens with one attached hydrogen (secondary N) is 7. The van der Waals surface area contributed by atoms with Gasteiger partial charge in [-0.25, -0.2) is 9.78 Å². The molecule has 0 spiro atoms. The van der Waals surface area contributed by atoms with Crippen LogP contribution in [0, 0.1) is 0 Å². The Labute approximate surface area is 324 Å². The topological polar surface area (TPSA) is 413 Å². The summed E-state index contributed by atoms with van der Waals surface area (Å²) in [5.41, 5.74) is 16.6. The van der Waals surface area contributed by atoms with E-state index in [1.807, 2.05) is 0 Å². The summed E-state index contributed by atoms with van der Waals surface area (Å²) in [6.45, 7) is 1.58. The molecule has 1 heterocycles. The van der Waals surface area contributed by atoms with E-state index in [-0.39, 0.29) is 24.3 Å². The molecule has 8 amide bonds. The lowest BCUT2D eigenvalue weighted by molar-refractivity contribution is -0.142. The molecule has 0 saturated heterocycles. The fraction of sp³-hybridized carbons (Fsp3) is 0.455. The van der Waals surface area contributed by atoms with Crippen molar-refractivity contribution in [3.63, 3.8) is 0 Å². The minimum Gasteiger partial charge on any atom is -0.508 e. The van der Waals surface area contributed by atoms with Crippen LogP contribution >= 0.6 is 0 Å². The lowest BCUT2D eigenvalue weighted by atomic mass is 10.0. The first-order chi connectivity index (χ1) is 26.7. The van der Waals surface area contributed by atoms with E-state index in [0.29, 0.717) is 5.56 Å². The van der Waals surface area contributed by atoms with Crippen LogP contribution in [0.5, 0.6) is 5.75 Å². The number of nitrogens with zero attached hydrogens (tertiary/aromatic N) is 1. The van der Waals surface area contributed by atoms with E-state index in [1.54, 1.807) is 0 Å². The van der Waals surface area contributed by atoms with E-state index < -0.39 is 121 Å². The zero-order chi connectivity index (χ0) is 43.0. The lowest BCUT2D eigenvalue weighted by Crippen LogP contribution is -2.62. The SMILES string of the molecule is C[C@H](NC(=O)[C@@H](N)CO)C(=O)N[C@H](C(=O)N[C@@H](CC(N)=O)C(=O)N[C@@H](Cc1ccc(O)cc1)C(=O)N[C@@H](CC(N)=O)C(=O)N[C@@H](Cc1c[nH]cn1)C(=O)O)[C@@H](C)O. The molecule has 0 bridgehead atoms. The van der Waals surface area contributed by atoms with E-state index in [4.69, 9.17) is 22.3 Å². The van der Waals surface area contributed by atoms with Crippen LogP contribution in [-0.2, 0) is 56.0 Å². The number of aliphatic carboxylic acids is 1. The highest BCUT2D eigenvalue weighted by Crippen LogP contribution is 2.13. The summed E-state index contributed by atoms with van der Waals surface area (Å²) in [6, 6.07) is -6.09. The quantitative estimate of drug-likeness (QED) is 0.0496. The predicted octanol–water partition coefficient (Wildman–Crippen LogP) is -6.64. The summed E-state index contributed by atoms with van der Waals surface area (Å²) in [4.78, 5) is 121. The van der Waals surface area contributed by atoms with Crippen LogP contribution in [0.2, 0.25) is 0 Å². The van der Waals surface area contributed by atoms with Gasteiger partial charge < -0.3 is 74.5 Å². The van der Waals surface area contributed by atoms with Gasteiger partial charge >= 0.3 is 5.97 Å². The number of phenols is 1. The number of phenolic OH excluding ortho intramolecular Hbond substituents is 1. The van der Waals surface area contributed by atoms with Gasteiger partial charge in [-0.1, -0.05) is 12.1 Å². The highest BCUT2D eigenvalue weighted by atomic mass is 16.4. The number of hydrogen-bond acceptors (Lipinski definition) is 14. The molecule has 0 aliphatic rings. The van der Waals surface area contributed by atoms with E-state index in [1.165, 1.54) is 43.7 Å². The minimum atomic E-state index is -1.86. The molecule has 0 fully saturated rings. The molecular formula is C33H47N11O13. The van der Waals surface area contributed by atoms with Crippen LogP contribution in [0.15, 0.2) is 36.8 Å². The highest BCUT2D eigenvalue weighted by Gasteiger charge is 2.35. The number of aliphatic hydroxyl groups is 2. The number of H-pyrrole nitrogens is 1. The van der Waals surface area contributed by atoms with Crippen LogP contribution < -0.4 is 49.1 Å². The number of hydrogen-bond donors (Lipinski definition) is 14. The van der Waals surface area contributed by atoms with Crippen molar-refractivity contribution >= 4 is 53.2 Å². The number of aliphatic hydroxyl groups excluding tert-OH is 2. The summed E-state index contributed by atoms with van der Waals surface area (Å²) in [7, 11) is 0.